The van der Waals surface area contributed by atoms with Gasteiger partial charge in [-0.3, -0.25) is 0 Å². The zero-order valence-electron chi connectivity index (χ0n) is 17.9. The van der Waals surface area contributed by atoms with E-state index >= 15 is 0 Å². The van der Waals surface area contributed by atoms with Crippen molar-refractivity contribution in [1.29, 1.82) is 0 Å². The fraction of sp³-hybridized carbons (Fsp3) is 0.400. The summed E-state index contributed by atoms with van der Waals surface area (Å²) in [6, 6.07) is 4.32. The van der Waals surface area contributed by atoms with Crippen LogP contribution in [-0.2, 0) is 4.79 Å². The lowest BCUT2D eigenvalue weighted by atomic mass is 9.87. The summed E-state index contributed by atoms with van der Waals surface area (Å²) in [4.78, 5) is 12.7. The highest BCUT2D eigenvalue weighted by Gasteiger charge is 2.43. The van der Waals surface area contributed by atoms with Crippen molar-refractivity contribution >= 4 is 5.97 Å². The Hall–Kier alpha value is -2.83. The number of halogens is 4. The number of ether oxygens (including phenoxy) is 2. The molecule has 0 heterocycles. The Kier molecular flexibility index (Phi) is 6.26. The third-order valence-corrected chi connectivity index (χ3v) is 6.68. The minimum atomic E-state index is -1.43. The second-order valence-electron chi connectivity index (χ2n) is 8.36. The van der Waals surface area contributed by atoms with E-state index in [0.717, 1.165) is 56.4 Å². The third kappa shape index (κ3) is 3.78. The molecule has 3 atom stereocenters. The summed E-state index contributed by atoms with van der Waals surface area (Å²) < 4.78 is 67.6. The van der Waals surface area contributed by atoms with Crippen molar-refractivity contribution in [2.24, 2.45) is 17.8 Å². The van der Waals surface area contributed by atoms with Gasteiger partial charge in [0.25, 0.3) is 0 Å². The first kappa shape index (κ1) is 22.4. The van der Waals surface area contributed by atoms with E-state index < -0.39 is 46.1 Å². The first-order valence-electron chi connectivity index (χ1n) is 10.8. The number of fused-ring (bicyclic) bond motifs is 1. The van der Waals surface area contributed by atoms with Crippen LogP contribution in [0.2, 0.25) is 0 Å². The number of rotatable bonds is 6. The average molecular weight is 448 g/mol. The molecule has 3 nitrogen and oxygen atoms in total. The van der Waals surface area contributed by atoms with Gasteiger partial charge in [0.1, 0.15) is 0 Å². The summed E-state index contributed by atoms with van der Waals surface area (Å²) in [7, 11) is 1.17. The molecule has 0 aromatic heterocycles. The first-order chi connectivity index (χ1) is 15.4. The second-order valence-corrected chi connectivity index (χ2v) is 8.36. The summed E-state index contributed by atoms with van der Waals surface area (Å²) in [6.45, 7) is 2.14. The van der Waals surface area contributed by atoms with E-state index in [1.165, 1.54) is 7.11 Å². The van der Waals surface area contributed by atoms with Crippen LogP contribution in [0, 0.1) is 41.0 Å². The van der Waals surface area contributed by atoms with Gasteiger partial charge in [0.2, 0.25) is 11.6 Å². The lowest BCUT2D eigenvalue weighted by Gasteiger charge is -2.19. The molecule has 32 heavy (non-hydrogen) atoms. The summed E-state index contributed by atoms with van der Waals surface area (Å²) >= 11 is 0. The SMILES string of the molecule is CCCC1CCC2C(C(=O)Oc3ccc(-c4ccc(OC)c(F)c4F)c(F)c3F)=CCC12. The number of benzene rings is 2. The predicted molar refractivity (Wildman–Crippen MR) is 111 cm³/mol. The van der Waals surface area contributed by atoms with Crippen LogP contribution >= 0.6 is 0 Å². The minimum Gasteiger partial charge on any atom is -0.494 e. The lowest BCUT2D eigenvalue weighted by Crippen LogP contribution is -2.19. The van der Waals surface area contributed by atoms with Crippen LogP contribution in [0.1, 0.15) is 39.0 Å². The Balaban J connectivity index is 1.55. The summed E-state index contributed by atoms with van der Waals surface area (Å²) in [6.07, 6.45) is 6.77. The molecule has 2 aromatic carbocycles. The van der Waals surface area contributed by atoms with Crippen LogP contribution < -0.4 is 9.47 Å². The minimum absolute atomic E-state index is 0.0857. The first-order valence-corrected chi connectivity index (χ1v) is 10.8. The average Bonchev–Trinajstić information content (AvgIpc) is 3.37. The van der Waals surface area contributed by atoms with Crippen molar-refractivity contribution in [2.75, 3.05) is 7.11 Å². The third-order valence-electron chi connectivity index (χ3n) is 6.68. The number of hydrogen-bond donors (Lipinski definition) is 0. The van der Waals surface area contributed by atoms with Crippen LogP contribution in [-0.4, -0.2) is 13.1 Å². The van der Waals surface area contributed by atoms with E-state index in [9.17, 15) is 22.4 Å². The molecule has 2 aliphatic carbocycles. The highest BCUT2D eigenvalue weighted by molar-refractivity contribution is 5.91. The number of allylic oxidation sites excluding steroid dienone is 1. The van der Waals surface area contributed by atoms with Crippen molar-refractivity contribution in [1.82, 2.24) is 0 Å². The van der Waals surface area contributed by atoms with Gasteiger partial charge in [0, 0.05) is 16.7 Å². The molecule has 0 bridgehead atoms. The Morgan fingerprint density at radius 1 is 0.938 bits per heavy atom. The fourth-order valence-electron chi connectivity index (χ4n) is 5.15. The molecule has 1 saturated carbocycles. The smallest absolute Gasteiger partial charge is 0.339 e. The van der Waals surface area contributed by atoms with Crippen LogP contribution in [0.25, 0.3) is 11.1 Å². The maximum absolute atomic E-state index is 14.7. The summed E-state index contributed by atoms with van der Waals surface area (Å²) in [5.74, 6) is -6.11. The molecule has 0 amide bonds. The molecule has 7 heteroatoms. The molecule has 4 rings (SSSR count). The Bertz CT molecular complexity index is 1080. The van der Waals surface area contributed by atoms with E-state index in [1.807, 2.05) is 6.08 Å². The van der Waals surface area contributed by atoms with Gasteiger partial charge in [-0.25, -0.2) is 13.6 Å². The van der Waals surface area contributed by atoms with Crippen molar-refractivity contribution in [3.63, 3.8) is 0 Å². The number of carbonyl (C=O) groups excluding carboxylic acids is 1. The molecular weight excluding hydrogens is 424 g/mol. The van der Waals surface area contributed by atoms with Gasteiger partial charge in [0.15, 0.2) is 23.1 Å². The quantitative estimate of drug-likeness (QED) is 0.284. The van der Waals surface area contributed by atoms with Crippen molar-refractivity contribution in [3.05, 3.63) is 59.2 Å². The van der Waals surface area contributed by atoms with E-state index in [0.29, 0.717) is 17.4 Å². The normalized spacial score (nSPS) is 21.9. The van der Waals surface area contributed by atoms with Crippen LogP contribution in [0.4, 0.5) is 17.6 Å². The van der Waals surface area contributed by atoms with Gasteiger partial charge >= 0.3 is 5.97 Å². The van der Waals surface area contributed by atoms with Gasteiger partial charge < -0.3 is 9.47 Å². The Labute approximate surface area is 184 Å². The molecule has 0 aliphatic heterocycles. The zero-order chi connectivity index (χ0) is 23.0. The van der Waals surface area contributed by atoms with E-state index in [4.69, 9.17) is 4.74 Å². The van der Waals surface area contributed by atoms with Crippen molar-refractivity contribution < 1.29 is 31.8 Å². The number of methoxy groups -OCH3 is 1. The molecule has 2 aromatic rings. The Morgan fingerprint density at radius 2 is 1.56 bits per heavy atom. The van der Waals surface area contributed by atoms with E-state index in [2.05, 4.69) is 11.7 Å². The van der Waals surface area contributed by atoms with Crippen molar-refractivity contribution in [3.8, 4) is 22.6 Å². The number of hydrogen-bond acceptors (Lipinski definition) is 3. The largest absolute Gasteiger partial charge is 0.494 e. The van der Waals surface area contributed by atoms with Gasteiger partial charge in [-0.2, -0.15) is 8.78 Å². The maximum Gasteiger partial charge on any atom is 0.339 e. The van der Waals surface area contributed by atoms with Crippen LogP contribution in [0.3, 0.4) is 0 Å². The number of carbonyl (C=O) groups is 1. The van der Waals surface area contributed by atoms with Crippen LogP contribution in [0.5, 0.6) is 11.5 Å². The number of esters is 1. The van der Waals surface area contributed by atoms with Gasteiger partial charge in [-0.15, -0.1) is 0 Å². The van der Waals surface area contributed by atoms with Gasteiger partial charge in [-0.1, -0.05) is 25.8 Å². The highest BCUT2D eigenvalue weighted by atomic mass is 19.2. The molecule has 0 N–H and O–H groups in total. The van der Waals surface area contributed by atoms with Gasteiger partial charge in [0.05, 0.1) is 7.11 Å². The molecule has 170 valence electrons. The zero-order valence-corrected chi connectivity index (χ0v) is 17.9. The lowest BCUT2D eigenvalue weighted by molar-refractivity contribution is -0.131. The van der Waals surface area contributed by atoms with E-state index in [-0.39, 0.29) is 11.7 Å². The molecule has 3 unspecified atom stereocenters. The fourth-order valence-corrected chi connectivity index (χ4v) is 5.15. The predicted octanol–water partition coefficient (Wildman–Crippen LogP) is 6.60. The second kappa shape index (κ2) is 8.96. The standard InChI is InChI=1S/C25H24F4O3/c1-3-4-13-5-6-15-14(13)7-8-18(15)25(30)32-20-12-10-17(22(27)24(20)29)16-9-11-19(31-2)23(28)21(16)26/h8-15H,3-7H2,1-2H3. The molecule has 0 saturated heterocycles. The summed E-state index contributed by atoms with van der Waals surface area (Å²) in [5.41, 5.74) is -0.438. The topological polar surface area (TPSA) is 35.5 Å². The molecular formula is C25H24F4O3. The van der Waals surface area contributed by atoms with Crippen molar-refractivity contribution in [2.45, 2.75) is 39.0 Å². The summed E-state index contributed by atoms with van der Waals surface area (Å²) in [5, 5.41) is 0. The molecule has 2 aliphatic rings. The molecule has 0 radical (unpaired) electrons. The monoisotopic (exact) mass is 448 g/mol. The highest BCUT2D eigenvalue weighted by Crippen LogP contribution is 2.49. The maximum atomic E-state index is 14.7. The van der Waals surface area contributed by atoms with E-state index in [1.54, 1.807) is 0 Å². The molecule has 1 fully saturated rings. The van der Waals surface area contributed by atoms with Gasteiger partial charge in [-0.05, 0) is 61.3 Å². The Morgan fingerprint density at radius 3 is 2.19 bits per heavy atom. The van der Waals surface area contributed by atoms with Crippen LogP contribution in [0.15, 0.2) is 35.9 Å². The molecule has 0 spiro atoms.